The molecule has 0 radical (unpaired) electrons. The van der Waals surface area contributed by atoms with Gasteiger partial charge in [0.05, 0.1) is 32.0 Å². The molecule has 0 bridgehead atoms. The highest BCUT2D eigenvalue weighted by Crippen LogP contribution is 2.36. The highest BCUT2D eigenvalue weighted by molar-refractivity contribution is 5.90. The van der Waals surface area contributed by atoms with E-state index in [-0.39, 0.29) is 11.1 Å². The van der Waals surface area contributed by atoms with Gasteiger partial charge in [-0.2, -0.15) is 0 Å². The molecule has 7 N–H and O–H groups in total. The first-order valence-electron chi connectivity index (χ1n) is 15.2. The summed E-state index contributed by atoms with van der Waals surface area (Å²) in [5.41, 5.74) is 0.733. The van der Waals surface area contributed by atoms with Crippen LogP contribution in [0, 0.1) is 5.92 Å². The van der Waals surface area contributed by atoms with E-state index in [4.69, 9.17) is 33.2 Å². The third-order valence-electron chi connectivity index (χ3n) is 8.12. The molecular weight excluding hydrogens is 656 g/mol. The average Bonchev–Trinajstić information content (AvgIpc) is 3.10. The molecule has 0 spiro atoms. The van der Waals surface area contributed by atoms with E-state index in [0.29, 0.717) is 5.56 Å². The van der Waals surface area contributed by atoms with Crippen molar-refractivity contribution in [1.82, 2.24) is 0 Å². The van der Waals surface area contributed by atoms with E-state index in [1.54, 1.807) is 30.3 Å². The molecule has 3 aliphatic rings. The lowest BCUT2D eigenvalue weighted by Gasteiger charge is -2.42. The van der Waals surface area contributed by atoms with Gasteiger partial charge >= 0.3 is 17.9 Å². The maximum absolute atomic E-state index is 13.1. The lowest BCUT2D eigenvalue weighted by Crippen LogP contribution is -2.60. The second-order valence-electron chi connectivity index (χ2n) is 11.3. The van der Waals surface area contributed by atoms with E-state index < -0.39 is 111 Å². The van der Waals surface area contributed by atoms with Gasteiger partial charge in [0.1, 0.15) is 55.4 Å². The van der Waals surface area contributed by atoms with E-state index in [1.807, 2.05) is 0 Å². The summed E-state index contributed by atoms with van der Waals surface area (Å²) in [5.74, 6) is -3.82. The summed E-state index contributed by atoms with van der Waals surface area (Å²) < 4.78 is 37.3. The summed E-state index contributed by atoms with van der Waals surface area (Å²) in [6, 6.07) is 8.77. The average molecular weight is 697 g/mol. The van der Waals surface area contributed by atoms with Crippen molar-refractivity contribution in [3.63, 3.8) is 0 Å². The number of methoxy groups -OCH3 is 1. The second-order valence-corrected chi connectivity index (χ2v) is 11.3. The molecule has 1 aromatic carbocycles. The van der Waals surface area contributed by atoms with Crippen molar-refractivity contribution >= 4 is 24.0 Å². The van der Waals surface area contributed by atoms with Crippen LogP contribution in [0.4, 0.5) is 0 Å². The number of carbonyl (C=O) groups is 3. The van der Waals surface area contributed by atoms with Gasteiger partial charge in [-0.25, -0.2) is 9.59 Å². The maximum Gasteiger partial charge on any atom is 0.337 e. The predicted octanol–water partition coefficient (Wildman–Crippen LogP) is -2.22. The Morgan fingerprint density at radius 1 is 0.857 bits per heavy atom. The van der Waals surface area contributed by atoms with E-state index in [1.165, 1.54) is 19.1 Å². The number of hydrogen-bond donors (Lipinski definition) is 7. The van der Waals surface area contributed by atoms with Crippen molar-refractivity contribution < 1.29 is 83.3 Å². The van der Waals surface area contributed by atoms with Crippen LogP contribution in [0.2, 0.25) is 0 Å². The predicted molar refractivity (Wildman–Crippen MR) is 161 cm³/mol. The van der Waals surface area contributed by atoms with Gasteiger partial charge in [-0.15, -0.1) is 0 Å². The minimum absolute atomic E-state index is 0.121. The van der Waals surface area contributed by atoms with Crippen LogP contribution in [0.15, 0.2) is 59.9 Å². The number of rotatable bonds is 11. The quantitative estimate of drug-likeness (QED) is 0.0559. The van der Waals surface area contributed by atoms with Gasteiger partial charge in [0, 0.05) is 17.6 Å². The molecule has 0 saturated carbocycles. The minimum Gasteiger partial charge on any atom is -0.468 e. The molecular formula is C32H40O17. The zero-order valence-corrected chi connectivity index (χ0v) is 26.5. The SMILES string of the molecule is C/C=C1/[C@H](O[C@@H]2O[C@H](CO)[C@@H](O)[C@H](O)[C@H]2O)OC=C(C(=O)OC)[C@H]1CC(=O)OC[C@H]1O[C@@H](OC(=O)/C=C/c2ccccc2)[C@H](O)[C@@H](O)[C@@H]1O. The van der Waals surface area contributed by atoms with Crippen molar-refractivity contribution in [2.24, 2.45) is 5.92 Å². The second kappa shape index (κ2) is 17.3. The maximum atomic E-state index is 13.1. The van der Waals surface area contributed by atoms with Crippen molar-refractivity contribution in [3.8, 4) is 0 Å². The number of carbonyl (C=O) groups excluding carboxylic acids is 3. The van der Waals surface area contributed by atoms with E-state index in [9.17, 15) is 50.1 Å². The van der Waals surface area contributed by atoms with E-state index in [2.05, 4.69) is 0 Å². The Balaban J connectivity index is 1.41. The van der Waals surface area contributed by atoms with Gasteiger partial charge in [-0.05, 0) is 18.6 Å². The summed E-state index contributed by atoms with van der Waals surface area (Å²) in [6.07, 6.45) is -13.6. The minimum atomic E-state index is -1.84. The fraction of sp³-hybridized carbons (Fsp3) is 0.531. The number of hydrogen-bond acceptors (Lipinski definition) is 17. The molecule has 0 aliphatic carbocycles. The molecule has 17 heteroatoms. The smallest absolute Gasteiger partial charge is 0.337 e. The van der Waals surface area contributed by atoms with Crippen molar-refractivity contribution in [2.75, 3.05) is 20.3 Å². The molecule has 0 aromatic heterocycles. The Bertz CT molecular complexity index is 1380. The summed E-state index contributed by atoms with van der Waals surface area (Å²) in [5, 5.41) is 71.3. The molecule has 12 atom stereocenters. The first-order chi connectivity index (χ1) is 23.4. The van der Waals surface area contributed by atoms with Gasteiger partial charge in [0.25, 0.3) is 0 Å². The first kappa shape index (κ1) is 38.1. The van der Waals surface area contributed by atoms with Gasteiger partial charge in [-0.3, -0.25) is 4.79 Å². The van der Waals surface area contributed by atoms with Crippen LogP contribution in [0.1, 0.15) is 18.9 Å². The van der Waals surface area contributed by atoms with Gasteiger partial charge < -0.3 is 68.9 Å². The number of benzene rings is 1. The molecule has 0 unspecified atom stereocenters. The van der Waals surface area contributed by atoms with Crippen molar-refractivity contribution in [2.45, 2.75) is 81.0 Å². The Hall–Kier alpha value is -3.75. The van der Waals surface area contributed by atoms with Crippen LogP contribution >= 0.6 is 0 Å². The van der Waals surface area contributed by atoms with Crippen LogP contribution in [-0.4, -0.2) is 142 Å². The van der Waals surface area contributed by atoms with Crippen LogP contribution in [0.25, 0.3) is 6.08 Å². The van der Waals surface area contributed by atoms with Crippen LogP contribution in [0.3, 0.4) is 0 Å². The van der Waals surface area contributed by atoms with Gasteiger partial charge in [0.2, 0.25) is 12.6 Å². The molecule has 2 fully saturated rings. The highest BCUT2D eigenvalue weighted by atomic mass is 16.8. The zero-order chi connectivity index (χ0) is 35.8. The highest BCUT2D eigenvalue weighted by Gasteiger charge is 2.48. The fourth-order valence-corrected chi connectivity index (χ4v) is 5.36. The normalized spacial score (nSPS) is 35.7. The molecule has 17 nitrogen and oxygen atoms in total. The van der Waals surface area contributed by atoms with Crippen molar-refractivity contribution in [1.29, 1.82) is 0 Å². The molecule has 1 aromatic rings. The molecule has 0 amide bonds. The van der Waals surface area contributed by atoms with Crippen LogP contribution < -0.4 is 0 Å². The molecule has 270 valence electrons. The fourth-order valence-electron chi connectivity index (χ4n) is 5.36. The molecule has 4 rings (SSSR count). The Labute approximate surface area is 280 Å². The van der Waals surface area contributed by atoms with Gasteiger partial charge in [-0.1, -0.05) is 36.4 Å². The summed E-state index contributed by atoms with van der Waals surface area (Å²) >= 11 is 0. The number of aliphatic hydroxyl groups excluding tert-OH is 7. The largest absolute Gasteiger partial charge is 0.468 e. The Morgan fingerprint density at radius 3 is 2.12 bits per heavy atom. The van der Waals surface area contributed by atoms with E-state index in [0.717, 1.165) is 19.4 Å². The van der Waals surface area contributed by atoms with Crippen LogP contribution in [-0.2, 0) is 47.5 Å². The Morgan fingerprint density at radius 2 is 1.49 bits per heavy atom. The molecule has 49 heavy (non-hydrogen) atoms. The topological polar surface area (TPSA) is 257 Å². The zero-order valence-electron chi connectivity index (χ0n) is 26.5. The molecule has 2 saturated heterocycles. The third kappa shape index (κ3) is 9.08. The summed E-state index contributed by atoms with van der Waals surface area (Å²) in [6.45, 7) is 0.155. The monoisotopic (exact) mass is 696 g/mol. The number of ether oxygens (including phenoxy) is 7. The lowest BCUT2D eigenvalue weighted by molar-refractivity contribution is -0.327. The van der Waals surface area contributed by atoms with Gasteiger partial charge in [0.15, 0.2) is 6.29 Å². The summed E-state index contributed by atoms with van der Waals surface area (Å²) in [4.78, 5) is 38.1. The standard InChI is InChI=1S/C32H40O17/c1-3-16-17(18(29(42)43-2)13-45-30(16)49-32-28(41)25(38)23(36)19(12-33)46-32)11-22(35)44-14-20-24(37)26(39)27(40)31(47-20)48-21(34)10-9-15-7-5-4-6-8-15/h3-10,13,17,19-20,23-28,30-33,36-41H,11-12,14H2,1-2H3/b10-9+,16-3+/t17-,19+,20+,23+,24+,25-,26-,27+,28+,30-,31-,32-/m0/s1. The summed E-state index contributed by atoms with van der Waals surface area (Å²) in [7, 11) is 1.10. The number of esters is 3. The lowest BCUT2D eigenvalue weighted by atomic mass is 9.86. The van der Waals surface area contributed by atoms with Crippen LogP contribution in [0.5, 0.6) is 0 Å². The number of allylic oxidation sites excluding steroid dienone is 1. The van der Waals surface area contributed by atoms with Crippen molar-refractivity contribution in [3.05, 3.63) is 65.5 Å². The molecule has 3 aliphatic heterocycles. The third-order valence-corrected chi connectivity index (χ3v) is 8.12. The number of aliphatic hydroxyl groups is 7. The Kier molecular flexibility index (Phi) is 13.4. The first-order valence-corrected chi connectivity index (χ1v) is 15.2. The molecule has 3 heterocycles. The van der Waals surface area contributed by atoms with E-state index >= 15 is 0 Å².